The maximum atomic E-state index is 11.9. The van der Waals surface area contributed by atoms with Gasteiger partial charge >= 0.3 is 0 Å². The summed E-state index contributed by atoms with van der Waals surface area (Å²) in [7, 11) is 0. The molecule has 1 rings (SSSR count). The molecule has 0 bridgehead atoms. The van der Waals surface area contributed by atoms with Crippen LogP contribution in [0.2, 0.25) is 0 Å². The molecule has 0 fully saturated rings. The summed E-state index contributed by atoms with van der Waals surface area (Å²) in [6.45, 7) is 4.74. The van der Waals surface area contributed by atoms with Crippen LogP contribution >= 0.6 is 11.8 Å². The van der Waals surface area contributed by atoms with Crippen molar-refractivity contribution < 1.29 is 4.79 Å². The molecule has 0 aromatic heterocycles. The number of nitrogens with two attached hydrogens (primary N) is 2. The van der Waals surface area contributed by atoms with Crippen molar-refractivity contribution in [2.75, 3.05) is 24.3 Å². The van der Waals surface area contributed by atoms with Gasteiger partial charge in [-0.2, -0.15) is 11.8 Å². The van der Waals surface area contributed by atoms with Gasteiger partial charge in [-0.25, -0.2) is 0 Å². The number of anilines is 2. The van der Waals surface area contributed by atoms with E-state index in [9.17, 15) is 4.79 Å². The fourth-order valence-corrected chi connectivity index (χ4v) is 1.47. The Morgan fingerprint density at radius 2 is 2.06 bits per heavy atom. The number of carbonyl (C=O) groups excluding carboxylic acids is 1. The highest BCUT2D eigenvalue weighted by molar-refractivity contribution is 7.99. The van der Waals surface area contributed by atoms with Crippen molar-refractivity contribution in [2.45, 2.75) is 18.6 Å². The predicted molar refractivity (Wildman–Crippen MR) is 75.2 cm³/mol. The van der Waals surface area contributed by atoms with Gasteiger partial charge in [0.25, 0.3) is 5.91 Å². The van der Waals surface area contributed by atoms with Crippen molar-refractivity contribution in [3.8, 4) is 0 Å². The number of nitrogens with one attached hydrogen (secondary N) is 1. The van der Waals surface area contributed by atoms with Crippen LogP contribution in [0.15, 0.2) is 18.2 Å². The molecule has 1 aromatic rings. The van der Waals surface area contributed by atoms with Crippen LogP contribution in [-0.4, -0.2) is 23.5 Å². The lowest BCUT2D eigenvalue weighted by Crippen LogP contribution is -2.36. The molecule has 0 spiro atoms. The van der Waals surface area contributed by atoms with E-state index in [0.29, 0.717) is 23.5 Å². The van der Waals surface area contributed by atoms with E-state index >= 15 is 0 Å². The Kier molecular flexibility index (Phi) is 4.28. The Morgan fingerprint density at radius 1 is 1.41 bits per heavy atom. The van der Waals surface area contributed by atoms with Gasteiger partial charge in [0.05, 0.1) is 5.56 Å². The van der Waals surface area contributed by atoms with Gasteiger partial charge in [-0.1, -0.05) is 0 Å². The van der Waals surface area contributed by atoms with E-state index in [4.69, 9.17) is 11.5 Å². The molecule has 0 saturated heterocycles. The van der Waals surface area contributed by atoms with Crippen LogP contribution in [0.4, 0.5) is 11.4 Å². The van der Waals surface area contributed by atoms with Crippen molar-refractivity contribution in [3.63, 3.8) is 0 Å². The van der Waals surface area contributed by atoms with E-state index in [0.717, 1.165) is 0 Å². The van der Waals surface area contributed by atoms with E-state index < -0.39 is 0 Å². The van der Waals surface area contributed by atoms with Gasteiger partial charge in [0, 0.05) is 22.7 Å². The first kappa shape index (κ1) is 13.7. The lowest BCUT2D eigenvalue weighted by molar-refractivity contribution is 0.0951. The summed E-state index contributed by atoms with van der Waals surface area (Å²) in [5.74, 6) is -0.162. The number of benzene rings is 1. The van der Waals surface area contributed by atoms with Crippen molar-refractivity contribution in [1.82, 2.24) is 5.32 Å². The molecule has 0 heterocycles. The van der Waals surface area contributed by atoms with E-state index in [-0.39, 0.29) is 10.7 Å². The molecular weight excluding hydrogens is 234 g/mol. The number of nitrogen functional groups attached to an aromatic ring is 2. The number of hydrogen-bond donors (Lipinski definition) is 3. The molecule has 0 atom stereocenters. The highest BCUT2D eigenvalue weighted by atomic mass is 32.2. The summed E-state index contributed by atoms with van der Waals surface area (Å²) in [6.07, 6.45) is 2.02. The molecule has 0 aliphatic carbocycles. The summed E-state index contributed by atoms with van der Waals surface area (Å²) >= 11 is 1.70. The largest absolute Gasteiger partial charge is 0.399 e. The summed E-state index contributed by atoms with van der Waals surface area (Å²) in [6, 6.07) is 4.91. The highest BCUT2D eigenvalue weighted by Gasteiger charge is 2.18. The molecule has 0 saturated carbocycles. The zero-order valence-electron chi connectivity index (χ0n) is 10.4. The molecule has 5 heteroatoms. The minimum absolute atomic E-state index is 0.0121. The third kappa shape index (κ3) is 3.85. The normalized spacial score (nSPS) is 11.2. The van der Waals surface area contributed by atoms with E-state index in [2.05, 4.69) is 19.2 Å². The minimum Gasteiger partial charge on any atom is -0.399 e. The average molecular weight is 253 g/mol. The minimum atomic E-state index is -0.162. The Hall–Kier alpha value is -1.36. The fraction of sp³-hybridized carbons (Fsp3) is 0.417. The van der Waals surface area contributed by atoms with E-state index in [1.807, 2.05) is 6.26 Å². The number of rotatable bonds is 4. The van der Waals surface area contributed by atoms with Crippen molar-refractivity contribution in [3.05, 3.63) is 23.8 Å². The van der Waals surface area contributed by atoms with Gasteiger partial charge in [0.1, 0.15) is 0 Å². The molecule has 0 radical (unpaired) electrons. The number of hydrogen-bond acceptors (Lipinski definition) is 4. The van der Waals surface area contributed by atoms with Gasteiger partial charge in [-0.3, -0.25) is 4.79 Å². The van der Waals surface area contributed by atoms with E-state index in [1.165, 1.54) is 0 Å². The number of amides is 1. The molecular formula is C12H19N3OS. The van der Waals surface area contributed by atoms with Gasteiger partial charge in [0.2, 0.25) is 0 Å². The first-order chi connectivity index (χ1) is 7.85. The Bertz CT molecular complexity index is 418. The topological polar surface area (TPSA) is 81.1 Å². The van der Waals surface area contributed by atoms with Crippen molar-refractivity contribution in [2.24, 2.45) is 0 Å². The van der Waals surface area contributed by atoms with Crippen LogP contribution in [0.3, 0.4) is 0 Å². The third-order valence-electron chi connectivity index (χ3n) is 2.55. The van der Waals surface area contributed by atoms with Gasteiger partial charge in [0.15, 0.2) is 0 Å². The summed E-state index contributed by atoms with van der Waals surface area (Å²) < 4.78 is 0.0121. The van der Waals surface area contributed by atoms with Crippen LogP contribution in [0.25, 0.3) is 0 Å². The lowest BCUT2D eigenvalue weighted by Gasteiger charge is -2.22. The summed E-state index contributed by atoms with van der Waals surface area (Å²) in [4.78, 5) is 11.9. The molecule has 5 N–H and O–H groups in total. The SMILES string of the molecule is CSC(C)(C)CNC(=O)c1ccc(N)cc1N. The molecule has 94 valence electrons. The average Bonchev–Trinajstić information content (AvgIpc) is 2.26. The number of carbonyl (C=O) groups is 1. The molecule has 0 aliphatic rings. The second-order valence-electron chi connectivity index (χ2n) is 4.49. The highest BCUT2D eigenvalue weighted by Crippen LogP contribution is 2.20. The summed E-state index contributed by atoms with van der Waals surface area (Å²) in [5.41, 5.74) is 12.8. The maximum Gasteiger partial charge on any atom is 0.253 e. The maximum absolute atomic E-state index is 11.9. The summed E-state index contributed by atoms with van der Waals surface area (Å²) in [5, 5.41) is 2.87. The Balaban J connectivity index is 2.71. The second kappa shape index (κ2) is 5.31. The van der Waals surface area contributed by atoms with Crippen LogP contribution < -0.4 is 16.8 Å². The molecule has 1 amide bonds. The standard InChI is InChI=1S/C12H19N3OS/c1-12(2,17-3)7-15-11(16)9-5-4-8(13)6-10(9)14/h4-6H,7,13-14H2,1-3H3,(H,15,16). The van der Waals surface area contributed by atoms with Gasteiger partial charge in [-0.05, 0) is 38.3 Å². The number of thioether (sulfide) groups is 1. The van der Waals surface area contributed by atoms with Gasteiger partial charge in [-0.15, -0.1) is 0 Å². The molecule has 17 heavy (non-hydrogen) atoms. The van der Waals surface area contributed by atoms with Crippen LogP contribution in [-0.2, 0) is 0 Å². The first-order valence-electron chi connectivity index (χ1n) is 5.34. The van der Waals surface area contributed by atoms with Crippen LogP contribution in [0, 0.1) is 0 Å². The van der Waals surface area contributed by atoms with E-state index in [1.54, 1.807) is 30.0 Å². The fourth-order valence-electron chi connectivity index (χ4n) is 1.25. The predicted octanol–water partition coefficient (Wildman–Crippen LogP) is 1.72. The zero-order valence-corrected chi connectivity index (χ0v) is 11.2. The van der Waals surface area contributed by atoms with Crippen LogP contribution in [0.1, 0.15) is 24.2 Å². The molecule has 1 aromatic carbocycles. The quantitative estimate of drug-likeness (QED) is 0.714. The molecule has 4 nitrogen and oxygen atoms in total. The Morgan fingerprint density at radius 3 is 2.59 bits per heavy atom. The molecule has 0 aliphatic heterocycles. The van der Waals surface area contributed by atoms with Crippen LogP contribution in [0.5, 0.6) is 0 Å². The monoisotopic (exact) mass is 253 g/mol. The van der Waals surface area contributed by atoms with Gasteiger partial charge < -0.3 is 16.8 Å². The first-order valence-corrected chi connectivity index (χ1v) is 6.56. The third-order valence-corrected chi connectivity index (χ3v) is 3.80. The molecule has 0 unspecified atom stereocenters. The second-order valence-corrected chi connectivity index (χ2v) is 6.01. The smallest absolute Gasteiger partial charge is 0.253 e. The van der Waals surface area contributed by atoms with Crippen molar-refractivity contribution in [1.29, 1.82) is 0 Å². The Labute approximate surface area is 106 Å². The van der Waals surface area contributed by atoms with Crippen molar-refractivity contribution >= 4 is 29.0 Å². The zero-order chi connectivity index (χ0) is 13.1. The lowest BCUT2D eigenvalue weighted by atomic mass is 10.1.